The number of fused-ring (bicyclic) bond motifs is 5. The van der Waals surface area contributed by atoms with Crippen LogP contribution in [0.3, 0.4) is 0 Å². The molecule has 3 saturated carbocycles. The number of rotatable bonds is 1. The van der Waals surface area contributed by atoms with Crippen LogP contribution in [0.1, 0.15) is 65.7 Å². The van der Waals surface area contributed by atoms with Gasteiger partial charge in [0.05, 0.1) is 6.10 Å². The van der Waals surface area contributed by atoms with Crippen LogP contribution in [-0.4, -0.2) is 33.5 Å². The molecule has 4 aliphatic rings. The van der Waals surface area contributed by atoms with Crippen LogP contribution in [0.15, 0.2) is 11.6 Å². The molecular formula is C21H30O4. The zero-order valence-corrected chi connectivity index (χ0v) is 15.5. The van der Waals surface area contributed by atoms with Gasteiger partial charge in [0.15, 0.2) is 11.6 Å². The molecule has 6 unspecified atom stereocenters. The lowest BCUT2D eigenvalue weighted by molar-refractivity contribution is -0.162. The first-order valence-corrected chi connectivity index (χ1v) is 9.80. The summed E-state index contributed by atoms with van der Waals surface area (Å²) in [6, 6.07) is 0. The van der Waals surface area contributed by atoms with Crippen molar-refractivity contribution in [1.82, 2.24) is 0 Å². The Kier molecular flexibility index (Phi) is 3.66. The summed E-state index contributed by atoms with van der Waals surface area (Å²) in [4.78, 5) is 24.1. The average Bonchev–Trinajstić information content (AvgIpc) is 2.83. The maximum atomic E-state index is 12.2. The Bertz CT molecular complexity index is 667. The van der Waals surface area contributed by atoms with Crippen LogP contribution in [0.2, 0.25) is 0 Å². The molecule has 138 valence electrons. The van der Waals surface area contributed by atoms with E-state index in [0.717, 1.165) is 31.3 Å². The second-order valence-electron chi connectivity index (χ2n) is 9.52. The normalized spacial score (nSPS) is 52.0. The minimum absolute atomic E-state index is 0.109. The van der Waals surface area contributed by atoms with Gasteiger partial charge in [-0.25, -0.2) is 0 Å². The summed E-state index contributed by atoms with van der Waals surface area (Å²) in [6.45, 7) is 5.83. The number of carbonyl (C=O) groups is 2. The van der Waals surface area contributed by atoms with Crippen LogP contribution < -0.4 is 0 Å². The largest absolute Gasteiger partial charge is 0.389 e. The smallest absolute Gasteiger partial charge is 0.161 e. The second-order valence-corrected chi connectivity index (χ2v) is 9.52. The van der Waals surface area contributed by atoms with Gasteiger partial charge >= 0.3 is 0 Å². The molecule has 0 radical (unpaired) electrons. The summed E-state index contributed by atoms with van der Waals surface area (Å²) < 4.78 is 0. The van der Waals surface area contributed by atoms with Crippen molar-refractivity contribution < 1.29 is 19.8 Å². The standard InChI is InChI=1S/C21H30O4/c1-12(22)21(25)9-6-16-14-11-18(24)17-10-13(23)4-7-19(17,2)15(14)5-8-20(16,21)3/h10,14-16,18,24-25H,4-9,11H2,1-3H3/t14?,15?,16?,18?,19?,20?,21-/m0/s1. The molecule has 4 rings (SSSR count). The fourth-order valence-electron chi connectivity index (χ4n) is 7.20. The number of aliphatic hydroxyl groups is 2. The van der Waals surface area contributed by atoms with Gasteiger partial charge in [0.1, 0.15) is 5.60 Å². The van der Waals surface area contributed by atoms with E-state index in [0.29, 0.717) is 31.1 Å². The Hall–Kier alpha value is -1.00. The van der Waals surface area contributed by atoms with Crippen molar-refractivity contribution in [2.24, 2.45) is 28.6 Å². The van der Waals surface area contributed by atoms with E-state index < -0.39 is 11.7 Å². The first kappa shape index (κ1) is 17.4. The van der Waals surface area contributed by atoms with Gasteiger partial charge in [0.25, 0.3) is 0 Å². The number of Topliss-reactive ketones (excluding diaryl/α,β-unsaturated/α-hetero) is 1. The fourth-order valence-corrected chi connectivity index (χ4v) is 7.20. The minimum Gasteiger partial charge on any atom is -0.389 e. The van der Waals surface area contributed by atoms with Crippen LogP contribution in [0.5, 0.6) is 0 Å². The van der Waals surface area contributed by atoms with E-state index >= 15 is 0 Å². The van der Waals surface area contributed by atoms with E-state index in [4.69, 9.17) is 0 Å². The van der Waals surface area contributed by atoms with Crippen LogP contribution in [0, 0.1) is 28.6 Å². The van der Waals surface area contributed by atoms with Crippen molar-refractivity contribution in [3.05, 3.63) is 11.6 Å². The van der Waals surface area contributed by atoms with E-state index in [1.165, 1.54) is 6.92 Å². The molecule has 4 aliphatic carbocycles. The third kappa shape index (κ3) is 2.07. The number of aliphatic hydroxyl groups excluding tert-OH is 1. The predicted molar refractivity (Wildman–Crippen MR) is 93.7 cm³/mol. The first-order chi connectivity index (χ1) is 11.6. The zero-order valence-electron chi connectivity index (χ0n) is 15.5. The molecule has 2 N–H and O–H groups in total. The first-order valence-electron chi connectivity index (χ1n) is 9.80. The maximum Gasteiger partial charge on any atom is 0.161 e. The highest BCUT2D eigenvalue weighted by atomic mass is 16.3. The molecule has 0 aromatic rings. The highest BCUT2D eigenvalue weighted by Crippen LogP contribution is 2.67. The lowest BCUT2D eigenvalue weighted by Gasteiger charge is -2.59. The molecule has 4 nitrogen and oxygen atoms in total. The molecule has 0 aliphatic heterocycles. The Morgan fingerprint density at radius 2 is 1.84 bits per heavy atom. The van der Waals surface area contributed by atoms with Crippen molar-refractivity contribution in [3.8, 4) is 0 Å². The van der Waals surface area contributed by atoms with Crippen molar-refractivity contribution in [3.63, 3.8) is 0 Å². The SMILES string of the molecule is CC(=O)[C@@]1(O)CCC2C3CC(O)C4=CC(=O)CCC4(C)C3CCC21C. The highest BCUT2D eigenvalue weighted by molar-refractivity contribution is 5.92. The third-order valence-corrected chi connectivity index (χ3v) is 8.71. The summed E-state index contributed by atoms with van der Waals surface area (Å²) in [6.07, 6.45) is 6.39. The van der Waals surface area contributed by atoms with Gasteiger partial charge in [0, 0.05) is 11.8 Å². The van der Waals surface area contributed by atoms with E-state index in [2.05, 4.69) is 13.8 Å². The van der Waals surface area contributed by atoms with Crippen LogP contribution in [-0.2, 0) is 9.59 Å². The number of carbonyl (C=O) groups excluding carboxylic acids is 2. The average molecular weight is 346 g/mol. The molecule has 3 fully saturated rings. The molecule has 25 heavy (non-hydrogen) atoms. The van der Waals surface area contributed by atoms with Crippen molar-refractivity contribution in [2.45, 2.75) is 77.4 Å². The molecule has 0 aromatic carbocycles. The molecule has 0 amide bonds. The van der Waals surface area contributed by atoms with Gasteiger partial charge in [-0.05, 0) is 80.3 Å². The van der Waals surface area contributed by atoms with Crippen LogP contribution >= 0.6 is 0 Å². The van der Waals surface area contributed by atoms with Crippen LogP contribution in [0.25, 0.3) is 0 Å². The molecule has 7 atom stereocenters. The Balaban J connectivity index is 1.73. The number of hydrogen-bond acceptors (Lipinski definition) is 4. The fraction of sp³-hybridized carbons (Fsp3) is 0.810. The molecule has 4 heteroatoms. The number of ketones is 2. The number of hydrogen-bond donors (Lipinski definition) is 2. The van der Waals surface area contributed by atoms with Gasteiger partial charge < -0.3 is 10.2 Å². The van der Waals surface area contributed by atoms with Crippen molar-refractivity contribution in [2.75, 3.05) is 0 Å². The lowest BCUT2D eigenvalue weighted by atomic mass is 9.46. The van der Waals surface area contributed by atoms with E-state index in [1.807, 2.05) is 0 Å². The topological polar surface area (TPSA) is 74.6 Å². The molecule has 0 heterocycles. The van der Waals surface area contributed by atoms with Gasteiger partial charge in [-0.2, -0.15) is 0 Å². The summed E-state index contributed by atoms with van der Waals surface area (Å²) >= 11 is 0. The Labute approximate surface area is 149 Å². The Morgan fingerprint density at radius 3 is 2.52 bits per heavy atom. The highest BCUT2D eigenvalue weighted by Gasteiger charge is 2.66. The third-order valence-electron chi connectivity index (χ3n) is 8.71. The lowest BCUT2D eigenvalue weighted by Crippen LogP contribution is -2.58. The van der Waals surface area contributed by atoms with Crippen LogP contribution in [0.4, 0.5) is 0 Å². The summed E-state index contributed by atoms with van der Waals surface area (Å²) in [5.74, 6) is 1.05. The Morgan fingerprint density at radius 1 is 1.16 bits per heavy atom. The van der Waals surface area contributed by atoms with E-state index in [1.54, 1.807) is 6.08 Å². The minimum atomic E-state index is -1.22. The molecule has 0 saturated heterocycles. The predicted octanol–water partition coefficient (Wildman–Crippen LogP) is 2.81. The summed E-state index contributed by atoms with van der Waals surface area (Å²) in [7, 11) is 0. The van der Waals surface area contributed by atoms with Crippen molar-refractivity contribution in [1.29, 1.82) is 0 Å². The zero-order chi connectivity index (χ0) is 18.2. The van der Waals surface area contributed by atoms with E-state index in [-0.39, 0.29) is 28.3 Å². The van der Waals surface area contributed by atoms with E-state index in [9.17, 15) is 19.8 Å². The maximum absolute atomic E-state index is 12.2. The van der Waals surface area contributed by atoms with Gasteiger partial charge in [-0.1, -0.05) is 13.8 Å². The molecule has 0 bridgehead atoms. The summed E-state index contributed by atoms with van der Waals surface area (Å²) in [5, 5.41) is 22.0. The molecular weight excluding hydrogens is 316 g/mol. The van der Waals surface area contributed by atoms with Crippen molar-refractivity contribution >= 4 is 11.6 Å². The van der Waals surface area contributed by atoms with Gasteiger partial charge in [0.2, 0.25) is 0 Å². The summed E-state index contributed by atoms with van der Waals surface area (Å²) in [5.41, 5.74) is -0.780. The second kappa shape index (κ2) is 5.26. The van der Waals surface area contributed by atoms with Gasteiger partial charge in [-0.15, -0.1) is 0 Å². The monoisotopic (exact) mass is 346 g/mol. The molecule has 0 spiro atoms. The quantitative estimate of drug-likeness (QED) is 0.766. The molecule has 0 aromatic heterocycles. The van der Waals surface area contributed by atoms with Gasteiger partial charge in [-0.3, -0.25) is 9.59 Å².